The van der Waals surface area contributed by atoms with Crippen LogP contribution in [0.25, 0.3) is 0 Å². The zero-order chi connectivity index (χ0) is 14.0. The lowest BCUT2D eigenvalue weighted by atomic mass is 10.1. The van der Waals surface area contributed by atoms with E-state index in [2.05, 4.69) is 10.3 Å². The summed E-state index contributed by atoms with van der Waals surface area (Å²) in [6, 6.07) is -0.957. The summed E-state index contributed by atoms with van der Waals surface area (Å²) >= 11 is 1.23. The normalized spacial score (nSPS) is 19.1. The largest absolute Gasteiger partial charge is 0.481 e. The first-order valence-corrected chi connectivity index (χ1v) is 6.53. The van der Waals surface area contributed by atoms with Crippen molar-refractivity contribution in [3.05, 3.63) is 16.1 Å². The van der Waals surface area contributed by atoms with E-state index in [0.717, 1.165) is 5.01 Å². The summed E-state index contributed by atoms with van der Waals surface area (Å²) in [7, 11) is 0. The van der Waals surface area contributed by atoms with Gasteiger partial charge >= 0.3 is 5.97 Å². The molecular weight excluding hydrogens is 270 g/mol. The van der Waals surface area contributed by atoms with Crippen LogP contribution in [0.4, 0.5) is 0 Å². The fourth-order valence-corrected chi connectivity index (χ4v) is 2.66. The number of thiazole rings is 1. The van der Waals surface area contributed by atoms with Crippen molar-refractivity contribution in [1.29, 1.82) is 0 Å². The summed E-state index contributed by atoms with van der Waals surface area (Å²) in [5, 5.41) is 12.2. The molecule has 0 aliphatic carbocycles. The van der Waals surface area contributed by atoms with Gasteiger partial charge in [0.2, 0.25) is 5.91 Å². The lowest BCUT2D eigenvalue weighted by molar-refractivity contribution is -0.142. The number of carbonyl (C=O) groups excluding carboxylic acids is 2. The highest BCUT2D eigenvalue weighted by Crippen LogP contribution is 2.18. The lowest BCUT2D eigenvalue weighted by Crippen LogP contribution is -2.57. The molecule has 2 amide bonds. The van der Waals surface area contributed by atoms with Gasteiger partial charge in [-0.05, 0) is 6.92 Å². The molecule has 0 radical (unpaired) electrons. The molecule has 1 unspecified atom stereocenters. The molecule has 1 aliphatic heterocycles. The Morgan fingerprint density at radius 1 is 1.63 bits per heavy atom. The molecule has 1 saturated heterocycles. The molecule has 19 heavy (non-hydrogen) atoms. The molecule has 1 fully saturated rings. The maximum Gasteiger partial charge on any atom is 0.305 e. The summed E-state index contributed by atoms with van der Waals surface area (Å²) in [6.45, 7) is 2.41. The number of hydrogen-bond donors (Lipinski definition) is 2. The van der Waals surface area contributed by atoms with E-state index >= 15 is 0 Å². The van der Waals surface area contributed by atoms with E-state index in [-0.39, 0.29) is 5.91 Å². The van der Waals surface area contributed by atoms with Gasteiger partial charge in [-0.2, -0.15) is 0 Å². The van der Waals surface area contributed by atoms with Gasteiger partial charge in [-0.3, -0.25) is 14.4 Å². The van der Waals surface area contributed by atoms with Crippen molar-refractivity contribution in [3.8, 4) is 0 Å². The van der Waals surface area contributed by atoms with Gasteiger partial charge < -0.3 is 15.3 Å². The Balaban J connectivity index is 2.22. The smallest absolute Gasteiger partial charge is 0.305 e. The number of piperazine rings is 1. The van der Waals surface area contributed by atoms with Gasteiger partial charge in [0.25, 0.3) is 5.91 Å². The number of amides is 2. The second-order valence-corrected chi connectivity index (χ2v) is 5.38. The zero-order valence-electron chi connectivity index (χ0n) is 10.3. The van der Waals surface area contributed by atoms with E-state index in [1.165, 1.54) is 22.4 Å². The third-order valence-electron chi connectivity index (χ3n) is 2.79. The standard InChI is InChI=1S/C11H13N3O4S/c1-6-13-5-8(19-6)11(18)14-3-2-12-10(17)7(14)4-9(15)16/h5,7H,2-4H2,1H3,(H,12,17)(H,15,16). The predicted molar refractivity (Wildman–Crippen MR) is 66.9 cm³/mol. The van der Waals surface area contributed by atoms with Gasteiger partial charge in [0.1, 0.15) is 10.9 Å². The van der Waals surface area contributed by atoms with Gasteiger partial charge in [-0.15, -0.1) is 11.3 Å². The van der Waals surface area contributed by atoms with E-state index in [4.69, 9.17) is 5.11 Å². The van der Waals surface area contributed by atoms with Crippen molar-refractivity contribution in [1.82, 2.24) is 15.2 Å². The van der Waals surface area contributed by atoms with Gasteiger partial charge in [-0.25, -0.2) is 4.98 Å². The van der Waals surface area contributed by atoms with Gasteiger partial charge in [0, 0.05) is 13.1 Å². The molecule has 0 spiro atoms. The first kappa shape index (κ1) is 13.5. The third-order valence-corrected chi connectivity index (χ3v) is 3.69. The van der Waals surface area contributed by atoms with Crippen LogP contribution in [0.2, 0.25) is 0 Å². The van der Waals surface area contributed by atoms with Gasteiger partial charge in [0.15, 0.2) is 0 Å². The predicted octanol–water partition coefficient (Wildman–Crippen LogP) is -0.133. The number of carboxylic acids is 1. The van der Waals surface area contributed by atoms with E-state index in [1.54, 1.807) is 6.92 Å². The number of carboxylic acid groups (broad SMARTS) is 1. The summed E-state index contributed by atoms with van der Waals surface area (Å²) in [5.41, 5.74) is 0. The highest BCUT2D eigenvalue weighted by Gasteiger charge is 2.35. The Kier molecular flexibility index (Phi) is 3.79. The van der Waals surface area contributed by atoms with Crippen molar-refractivity contribution in [2.75, 3.05) is 13.1 Å². The molecule has 8 heteroatoms. The number of aromatic nitrogens is 1. The molecular formula is C11H13N3O4S. The number of nitrogens with zero attached hydrogens (tertiary/aromatic N) is 2. The van der Waals surface area contributed by atoms with Crippen molar-refractivity contribution in [2.45, 2.75) is 19.4 Å². The highest BCUT2D eigenvalue weighted by molar-refractivity contribution is 7.13. The van der Waals surface area contributed by atoms with Crippen molar-refractivity contribution < 1.29 is 19.5 Å². The minimum Gasteiger partial charge on any atom is -0.481 e. The third kappa shape index (κ3) is 2.90. The summed E-state index contributed by atoms with van der Waals surface area (Å²) in [6.07, 6.45) is 1.06. The molecule has 1 aliphatic rings. The van der Waals surface area contributed by atoms with E-state index < -0.39 is 24.3 Å². The van der Waals surface area contributed by atoms with Crippen LogP contribution in [-0.4, -0.2) is 51.9 Å². The van der Waals surface area contributed by atoms with Crippen LogP contribution in [0.3, 0.4) is 0 Å². The zero-order valence-corrected chi connectivity index (χ0v) is 11.1. The van der Waals surface area contributed by atoms with Crippen molar-refractivity contribution in [2.24, 2.45) is 0 Å². The van der Waals surface area contributed by atoms with Crippen LogP contribution in [0.15, 0.2) is 6.20 Å². The molecule has 0 aromatic carbocycles. The number of aryl methyl sites for hydroxylation is 1. The highest BCUT2D eigenvalue weighted by atomic mass is 32.1. The van der Waals surface area contributed by atoms with Crippen LogP contribution in [0, 0.1) is 6.92 Å². The quantitative estimate of drug-likeness (QED) is 0.804. The fraction of sp³-hybridized carbons (Fsp3) is 0.455. The maximum atomic E-state index is 12.3. The summed E-state index contributed by atoms with van der Waals surface area (Å²) in [5.74, 6) is -1.88. The SMILES string of the molecule is Cc1ncc(C(=O)N2CCNC(=O)C2CC(=O)O)s1. The molecule has 102 valence electrons. The maximum absolute atomic E-state index is 12.3. The van der Waals surface area contributed by atoms with E-state index in [1.807, 2.05) is 0 Å². The monoisotopic (exact) mass is 283 g/mol. The first-order chi connectivity index (χ1) is 8.99. The minimum absolute atomic E-state index is 0.305. The Morgan fingerprint density at radius 2 is 2.37 bits per heavy atom. The number of nitrogens with one attached hydrogen (secondary N) is 1. The minimum atomic E-state index is -1.11. The van der Waals surface area contributed by atoms with Crippen LogP contribution in [0.1, 0.15) is 21.1 Å². The molecule has 1 aromatic rings. The molecule has 0 saturated carbocycles. The summed E-state index contributed by atoms with van der Waals surface area (Å²) in [4.78, 5) is 40.5. The second-order valence-electron chi connectivity index (χ2n) is 4.15. The van der Waals surface area contributed by atoms with Crippen molar-refractivity contribution >= 4 is 29.1 Å². The molecule has 1 atom stereocenters. The van der Waals surface area contributed by atoms with Crippen molar-refractivity contribution in [3.63, 3.8) is 0 Å². The lowest BCUT2D eigenvalue weighted by Gasteiger charge is -2.33. The Labute approximate surface area is 113 Å². The number of carbonyl (C=O) groups is 3. The second kappa shape index (κ2) is 5.35. The molecule has 2 N–H and O–H groups in total. The Hall–Kier alpha value is -1.96. The number of aliphatic carboxylic acids is 1. The van der Waals surface area contributed by atoms with E-state index in [9.17, 15) is 14.4 Å². The average molecular weight is 283 g/mol. The van der Waals surface area contributed by atoms with Gasteiger partial charge in [0.05, 0.1) is 17.6 Å². The molecule has 2 rings (SSSR count). The van der Waals surface area contributed by atoms with Gasteiger partial charge in [-0.1, -0.05) is 0 Å². The van der Waals surface area contributed by atoms with Crippen LogP contribution < -0.4 is 5.32 Å². The Morgan fingerprint density at radius 3 is 2.95 bits per heavy atom. The number of hydrogen-bond acceptors (Lipinski definition) is 5. The molecule has 1 aromatic heterocycles. The topological polar surface area (TPSA) is 99.6 Å². The molecule has 2 heterocycles. The number of rotatable bonds is 3. The van der Waals surface area contributed by atoms with Crippen LogP contribution >= 0.6 is 11.3 Å². The van der Waals surface area contributed by atoms with E-state index in [0.29, 0.717) is 18.0 Å². The molecule has 7 nitrogen and oxygen atoms in total. The Bertz CT molecular complexity index is 528. The fourth-order valence-electron chi connectivity index (χ4n) is 1.93. The molecule has 0 bridgehead atoms. The first-order valence-electron chi connectivity index (χ1n) is 5.72. The van der Waals surface area contributed by atoms with Crippen LogP contribution in [0.5, 0.6) is 0 Å². The average Bonchev–Trinajstić information content (AvgIpc) is 2.77. The van der Waals surface area contributed by atoms with Crippen LogP contribution in [-0.2, 0) is 9.59 Å². The summed E-state index contributed by atoms with van der Waals surface area (Å²) < 4.78 is 0.